The molecule has 0 heterocycles. The van der Waals surface area contributed by atoms with E-state index in [1.807, 2.05) is 18.2 Å². The summed E-state index contributed by atoms with van der Waals surface area (Å²) in [5.74, 6) is 1.88. The van der Waals surface area contributed by atoms with Crippen LogP contribution in [0.5, 0.6) is 5.75 Å². The zero-order chi connectivity index (χ0) is 14.4. The van der Waals surface area contributed by atoms with Crippen LogP contribution >= 0.6 is 11.6 Å². The van der Waals surface area contributed by atoms with Crippen LogP contribution in [-0.2, 0) is 6.54 Å². The molecule has 0 saturated heterocycles. The molecule has 2 rings (SSSR count). The van der Waals surface area contributed by atoms with Crippen molar-refractivity contribution in [1.29, 1.82) is 0 Å². The van der Waals surface area contributed by atoms with Crippen LogP contribution in [-0.4, -0.2) is 13.2 Å². The first-order valence-corrected chi connectivity index (χ1v) is 8.16. The molecule has 0 bridgehead atoms. The number of ether oxygens (including phenoxy) is 1. The van der Waals surface area contributed by atoms with Crippen molar-refractivity contribution in [3.05, 3.63) is 28.8 Å². The molecule has 2 nitrogen and oxygen atoms in total. The Bertz CT molecular complexity index is 413. The highest BCUT2D eigenvalue weighted by molar-refractivity contribution is 6.30. The van der Waals surface area contributed by atoms with Gasteiger partial charge in [-0.3, -0.25) is 0 Å². The van der Waals surface area contributed by atoms with E-state index in [1.54, 1.807) is 7.11 Å². The Balaban J connectivity index is 1.83. The Hall–Kier alpha value is -0.730. The molecule has 0 aliphatic heterocycles. The van der Waals surface area contributed by atoms with Crippen molar-refractivity contribution in [2.45, 2.75) is 58.0 Å². The molecule has 3 heteroatoms. The van der Waals surface area contributed by atoms with Gasteiger partial charge < -0.3 is 10.1 Å². The smallest absolute Gasteiger partial charge is 0.123 e. The summed E-state index contributed by atoms with van der Waals surface area (Å²) >= 11 is 6.07. The van der Waals surface area contributed by atoms with Gasteiger partial charge in [-0.15, -0.1) is 0 Å². The lowest BCUT2D eigenvalue weighted by Gasteiger charge is -2.29. The van der Waals surface area contributed by atoms with Gasteiger partial charge in [-0.25, -0.2) is 0 Å². The Morgan fingerprint density at radius 1 is 1.25 bits per heavy atom. The van der Waals surface area contributed by atoms with Crippen LogP contribution in [0.2, 0.25) is 5.02 Å². The van der Waals surface area contributed by atoms with E-state index < -0.39 is 0 Å². The molecule has 0 atom stereocenters. The topological polar surface area (TPSA) is 21.3 Å². The van der Waals surface area contributed by atoms with Crippen LogP contribution in [0.25, 0.3) is 0 Å². The van der Waals surface area contributed by atoms with Gasteiger partial charge >= 0.3 is 0 Å². The van der Waals surface area contributed by atoms with Gasteiger partial charge in [0.1, 0.15) is 5.75 Å². The highest BCUT2D eigenvalue weighted by Gasteiger charge is 2.20. The third-order valence-corrected chi connectivity index (χ3v) is 4.60. The van der Waals surface area contributed by atoms with Crippen molar-refractivity contribution in [1.82, 2.24) is 5.32 Å². The minimum Gasteiger partial charge on any atom is -0.496 e. The van der Waals surface area contributed by atoms with Crippen molar-refractivity contribution in [3.8, 4) is 5.75 Å². The van der Waals surface area contributed by atoms with Crippen LogP contribution in [0, 0.1) is 5.92 Å². The van der Waals surface area contributed by atoms with Crippen LogP contribution < -0.4 is 10.1 Å². The maximum Gasteiger partial charge on any atom is 0.123 e. The quantitative estimate of drug-likeness (QED) is 0.814. The van der Waals surface area contributed by atoms with Gasteiger partial charge in [-0.05, 0) is 49.8 Å². The van der Waals surface area contributed by atoms with Crippen molar-refractivity contribution >= 4 is 11.6 Å². The average molecular weight is 296 g/mol. The molecule has 20 heavy (non-hydrogen) atoms. The van der Waals surface area contributed by atoms with E-state index in [1.165, 1.54) is 38.5 Å². The molecule has 1 N–H and O–H groups in total. The van der Waals surface area contributed by atoms with Gasteiger partial charge in [0.2, 0.25) is 0 Å². The largest absolute Gasteiger partial charge is 0.496 e. The predicted molar refractivity (Wildman–Crippen MR) is 85.5 cm³/mol. The molecule has 1 aliphatic rings. The monoisotopic (exact) mass is 295 g/mol. The third-order valence-electron chi connectivity index (χ3n) is 4.37. The van der Waals surface area contributed by atoms with E-state index in [-0.39, 0.29) is 0 Å². The summed E-state index contributed by atoms with van der Waals surface area (Å²) in [6.45, 7) is 3.13. The second-order valence-corrected chi connectivity index (χ2v) is 6.28. The van der Waals surface area contributed by atoms with Crippen LogP contribution in [0.1, 0.15) is 51.0 Å². The standard InChI is InChI=1S/C17H26ClNO/c1-3-4-13-5-8-16(9-6-13)19-12-14-11-15(18)7-10-17(14)20-2/h7,10-11,13,16,19H,3-6,8-9,12H2,1-2H3. The fraction of sp³-hybridized carbons (Fsp3) is 0.647. The Labute approximate surface area is 127 Å². The van der Waals surface area contributed by atoms with Crippen molar-refractivity contribution in [3.63, 3.8) is 0 Å². The van der Waals surface area contributed by atoms with E-state index in [2.05, 4.69) is 12.2 Å². The second-order valence-electron chi connectivity index (χ2n) is 5.84. The summed E-state index contributed by atoms with van der Waals surface area (Å²) in [5.41, 5.74) is 1.15. The molecule has 1 fully saturated rings. The molecule has 0 unspecified atom stereocenters. The van der Waals surface area contributed by atoms with Gasteiger partial charge in [-0.2, -0.15) is 0 Å². The van der Waals surface area contributed by atoms with Gasteiger partial charge in [0.15, 0.2) is 0 Å². The number of hydrogen-bond donors (Lipinski definition) is 1. The van der Waals surface area contributed by atoms with E-state index in [9.17, 15) is 0 Å². The molecule has 0 radical (unpaired) electrons. The number of rotatable bonds is 6. The lowest BCUT2D eigenvalue weighted by molar-refractivity contribution is 0.277. The number of benzene rings is 1. The fourth-order valence-corrected chi connectivity index (χ4v) is 3.40. The molecular weight excluding hydrogens is 270 g/mol. The first kappa shape index (κ1) is 15.7. The molecule has 112 valence electrons. The van der Waals surface area contributed by atoms with Gasteiger partial charge in [-0.1, -0.05) is 31.4 Å². The maximum atomic E-state index is 6.07. The zero-order valence-electron chi connectivity index (χ0n) is 12.6. The number of halogens is 1. The molecule has 1 saturated carbocycles. The van der Waals surface area contributed by atoms with Gasteiger partial charge in [0.05, 0.1) is 7.11 Å². The molecule has 0 aromatic heterocycles. The number of nitrogens with one attached hydrogen (secondary N) is 1. The number of hydrogen-bond acceptors (Lipinski definition) is 2. The second kappa shape index (κ2) is 7.90. The Kier molecular flexibility index (Phi) is 6.18. The Morgan fingerprint density at radius 3 is 2.65 bits per heavy atom. The number of methoxy groups -OCH3 is 1. The van der Waals surface area contributed by atoms with Crippen LogP contribution in [0.3, 0.4) is 0 Å². The summed E-state index contributed by atoms with van der Waals surface area (Å²) < 4.78 is 5.39. The van der Waals surface area contributed by atoms with E-state index in [0.717, 1.165) is 28.8 Å². The zero-order valence-corrected chi connectivity index (χ0v) is 13.4. The average Bonchev–Trinajstić information content (AvgIpc) is 2.47. The molecule has 1 aromatic rings. The highest BCUT2D eigenvalue weighted by atomic mass is 35.5. The lowest BCUT2D eigenvalue weighted by Crippen LogP contribution is -2.32. The summed E-state index contributed by atoms with van der Waals surface area (Å²) in [6.07, 6.45) is 8.06. The van der Waals surface area contributed by atoms with Gasteiger partial charge in [0.25, 0.3) is 0 Å². The molecule has 0 amide bonds. The maximum absolute atomic E-state index is 6.07. The third kappa shape index (κ3) is 4.39. The Morgan fingerprint density at radius 2 is 2.00 bits per heavy atom. The minimum absolute atomic E-state index is 0.645. The molecule has 0 spiro atoms. The van der Waals surface area contributed by atoms with E-state index >= 15 is 0 Å². The van der Waals surface area contributed by atoms with E-state index in [4.69, 9.17) is 16.3 Å². The fourth-order valence-electron chi connectivity index (χ4n) is 3.20. The summed E-state index contributed by atoms with van der Waals surface area (Å²) in [6, 6.07) is 6.46. The first-order chi connectivity index (χ1) is 9.72. The van der Waals surface area contributed by atoms with Crippen molar-refractivity contribution < 1.29 is 4.74 Å². The first-order valence-electron chi connectivity index (χ1n) is 7.78. The van der Waals surface area contributed by atoms with Crippen LogP contribution in [0.15, 0.2) is 18.2 Å². The summed E-state index contributed by atoms with van der Waals surface area (Å²) in [7, 11) is 1.71. The van der Waals surface area contributed by atoms with Crippen molar-refractivity contribution in [2.75, 3.05) is 7.11 Å². The molecule has 1 aliphatic carbocycles. The van der Waals surface area contributed by atoms with Crippen molar-refractivity contribution in [2.24, 2.45) is 5.92 Å². The van der Waals surface area contributed by atoms with Crippen LogP contribution in [0.4, 0.5) is 0 Å². The van der Waals surface area contributed by atoms with Gasteiger partial charge in [0, 0.05) is 23.2 Å². The lowest BCUT2D eigenvalue weighted by atomic mass is 9.83. The van der Waals surface area contributed by atoms with E-state index in [0.29, 0.717) is 6.04 Å². The summed E-state index contributed by atoms with van der Waals surface area (Å²) in [5, 5.41) is 4.44. The molecule has 1 aromatic carbocycles. The molecular formula is C17H26ClNO. The predicted octanol–water partition coefficient (Wildman–Crippen LogP) is 4.80. The SMILES string of the molecule is CCCC1CCC(NCc2cc(Cl)ccc2OC)CC1. The normalized spacial score (nSPS) is 22.8. The summed E-state index contributed by atoms with van der Waals surface area (Å²) in [4.78, 5) is 0. The minimum atomic E-state index is 0.645. The highest BCUT2D eigenvalue weighted by Crippen LogP contribution is 2.28.